The van der Waals surface area contributed by atoms with E-state index in [0.29, 0.717) is 23.2 Å². The average molecular weight is 259 g/mol. The van der Waals surface area contributed by atoms with Crippen LogP contribution in [0.15, 0.2) is 18.2 Å². The minimum Gasteiger partial charge on any atom is -0.496 e. The van der Waals surface area contributed by atoms with E-state index in [1.807, 2.05) is 22.9 Å². The zero-order valence-corrected chi connectivity index (χ0v) is 10.9. The molecular formula is C13H17N5O. The van der Waals surface area contributed by atoms with E-state index < -0.39 is 0 Å². The van der Waals surface area contributed by atoms with Crippen molar-refractivity contribution in [2.45, 2.75) is 25.8 Å². The van der Waals surface area contributed by atoms with Gasteiger partial charge in [0.15, 0.2) is 5.82 Å². The second-order valence-corrected chi connectivity index (χ2v) is 4.91. The highest BCUT2D eigenvalue weighted by molar-refractivity contribution is 5.77. The van der Waals surface area contributed by atoms with Crippen LogP contribution in [0.4, 0.5) is 5.69 Å². The Hall–Kier alpha value is -2.11. The number of anilines is 1. The van der Waals surface area contributed by atoms with Crippen LogP contribution in [-0.2, 0) is 6.54 Å². The lowest BCUT2D eigenvalue weighted by atomic mass is 9.85. The second kappa shape index (κ2) is 4.87. The zero-order valence-electron chi connectivity index (χ0n) is 10.9. The molecule has 3 rings (SSSR count). The molecule has 1 saturated carbocycles. The Labute approximate surface area is 111 Å². The second-order valence-electron chi connectivity index (χ2n) is 4.91. The van der Waals surface area contributed by atoms with Crippen LogP contribution in [0.5, 0.6) is 5.75 Å². The van der Waals surface area contributed by atoms with Crippen molar-refractivity contribution in [2.24, 2.45) is 5.92 Å². The number of hydrogen-bond donors (Lipinski definition) is 1. The summed E-state index contributed by atoms with van der Waals surface area (Å²) < 4.78 is 7.19. The van der Waals surface area contributed by atoms with Gasteiger partial charge in [-0.15, -0.1) is 5.10 Å². The first kappa shape index (κ1) is 12.0. The van der Waals surface area contributed by atoms with Gasteiger partial charge in [0.25, 0.3) is 0 Å². The van der Waals surface area contributed by atoms with Crippen molar-refractivity contribution in [3.63, 3.8) is 0 Å². The molecule has 0 spiro atoms. The molecule has 0 amide bonds. The molecule has 100 valence electrons. The molecule has 0 bridgehead atoms. The van der Waals surface area contributed by atoms with E-state index in [1.165, 1.54) is 19.3 Å². The van der Waals surface area contributed by atoms with E-state index >= 15 is 0 Å². The third-order valence-corrected chi connectivity index (χ3v) is 3.69. The number of rotatable bonds is 4. The van der Waals surface area contributed by atoms with Crippen LogP contribution in [0.2, 0.25) is 0 Å². The van der Waals surface area contributed by atoms with Gasteiger partial charge in [0, 0.05) is 12.2 Å². The highest BCUT2D eigenvalue weighted by Crippen LogP contribution is 2.35. The van der Waals surface area contributed by atoms with E-state index in [4.69, 9.17) is 10.5 Å². The maximum atomic E-state index is 6.05. The largest absolute Gasteiger partial charge is 0.496 e. The van der Waals surface area contributed by atoms with E-state index in [1.54, 1.807) is 7.11 Å². The highest BCUT2D eigenvalue weighted by Gasteiger charge is 2.22. The predicted molar refractivity (Wildman–Crippen MR) is 71.6 cm³/mol. The summed E-state index contributed by atoms with van der Waals surface area (Å²) in [5.41, 5.74) is 7.45. The molecule has 0 radical (unpaired) electrons. The molecule has 2 N–H and O–H groups in total. The number of aromatic nitrogens is 4. The number of benzene rings is 1. The summed E-state index contributed by atoms with van der Waals surface area (Å²) in [5, 5.41) is 12.0. The first-order chi connectivity index (χ1) is 9.29. The standard InChI is InChI=1S/C13H17N5O/c1-19-11-7-3-6-10(14)12(11)13-15-16-17-18(13)8-9-4-2-5-9/h3,6-7,9H,2,4-5,8,14H2,1H3. The van der Waals surface area contributed by atoms with Gasteiger partial charge in [-0.05, 0) is 41.3 Å². The maximum absolute atomic E-state index is 6.05. The lowest BCUT2D eigenvalue weighted by Crippen LogP contribution is -2.19. The Kier molecular flexibility index (Phi) is 3.06. The summed E-state index contributed by atoms with van der Waals surface area (Å²) in [6, 6.07) is 5.56. The summed E-state index contributed by atoms with van der Waals surface area (Å²) in [6.45, 7) is 0.847. The number of nitrogen functional groups attached to an aromatic ring is 1. The summed E-state index contributed by atoms with van der Waals surface area (Å²) in [6.07, 6.45) is 3.81. The number of tetrazole rings is 1. The van der Waals surface area contributed by atoms with E-state index in [0.717, 1.165) is 12.1 Å². The van der Waals surface area contributed by atoms with Gasteiger partial charge in [0.05, 0.1) is 12.7 Å². The number of methoxy groups -OCH3 is 1. The fourth-order valence-corrected chi connectivity index (χ4v) is 2.38. The van der Waals surface area contributed by atoms with Gasteiger partial charge in [-0.2, -0.15) is 0 Å². The summed E-state index contributed by atoms with van der Waals surface area (Å²) in [5.74, 6) is 2.06. The molecule has 0 aliphatic heterocycles. The van der Waals surface area contributed by atoms with Gasteiger partial charge in [0.1, 0.15) is 5.75 Å². The third kappa shape index (κ3) is 2.14. The normalized spacial score (nSPS) is 15.2. The molecule has 1 aliphatic carbocycles. The van der Waals surface area contributed by atoms with E-state index in [-0.39, 0.29) is 0 Å². The highest BCUT2D eigenvalue weighted by atomic mass is 16.5. The topological polar surface area (TPSA) is 78.8 Å². The van der Waals surface area contributed by atoms with Crippen molar-refractivity contribution in [3.8, 4) is 17.1 Å². The quantitative estimate of drug-likeness (QED) is 0.846. The van der Waals surface area contributed by atoms with Crippen molar-refractivity contribution in [1.29, 1.82) is 0 Å². The Morgan fingerprint density at radius 2 is 2.26 bits per heavy atom. The van der Waals surface area contributed by atoms with Crippen LogP contribution >= 0.6 is 0 Å². The molecule has 1 heterocycles. The van der Waals surface area contributed by atoms with Gasteiger partial charge in [-0.25, -0.2) is 4.68 Å². The minimum atomic E-state index is 0.629. The average Bonchev–Trinajstić information content (AvgIpc) is 2.81. The number of hydrogen-bond acceptors (Lipinski definition) is 5. The molecule has 0 saturated heterocycles. The van der Waals surface area contributed by atoms with Crippen LogP contribution < -0.4 is 10.5 Å². The summed E-state index contributed by atoms with van der Waals surface area (Å²) in [7, 11) is 1.62. The van der Waals surface area contributed by atoms with Gasteiger partial charge >= 0.3 is 0 Å². The smallest absolute Gasteiger partial charge is 0.187 e. The van der Waals surface area contributed by atoms with Crippen LogP contribution in [0.1, 0.15) is 19.3 Å². The number of nitrogens with zero attached hydrogens (tertiary/aromatic N) is 4. The van der Waals surface area contributed by atoms with E-state index in [9.17, 15) is 0 Å². The van der Waals surface area contributed by atoms with Crippen LogP contribution in [0.25, 0.3) is 11.4 Å². The number of ether oxygens (including phenoxy) is 1. The lowest BCUT2D eigenvalue weighted by Gasteiger charge is -2.25. The fraction of sp³-hybridized carbons (Fsp3) is 0.462. The Bertz CT molecular complexity index is 576. The van der Waals surface area contributed by atoms with Gasteiger partial charge in [-0.3, -0.25) is 0 Å². The van der Waals surface area contributed by atoms with E-state index in [2.05, 4.69) is 15.5 Å². The third-order valence-electron chi connectivity index (χ3n) is 3.69. The van der Waals surface area contributed by atoms with Crippen molar-refractivity contribution in [2.75, 3.05) is 12.8 Å². The first-order valence-electron chi connectivity index (χ1n) is 6.48. The predicted octanol–water partition coefficient (Wildman–Crippen LogP) is 1.73. The molecule has 0 atom stereocenters. The SMILES string of the molecule is COc1cccc(N)c1-c1nnnn1CC1CCC1. The van der Waals surface area contributed by atoms with Crippen molar-refractivity contribution >= 4 is 5.69 Å². The molecular weight excluding hydrogens is 242 g/mol. The minimum absolute atomic E-state index is 0.629. The summed E-state index contributed by atoms with van der Waals surface area (Å²) in [4.78, 5) is 0. The Morgan fingerprint density at radius 3 is 2.95 bits per heavy atom. The Morgan fingerprint density at radius 1 is 1.42 bits per heavy atom. The molecule has 6 heteroatoms. The van der Waals surface area contributed by atoms with Crippen LogP contribution in [-0.4, -0.2) is 27.3 Å². The van der Waals surface area contributed by atoms with Crippen molar-refractivity contribution < 1.29 is 4.74 Å². The molecule has 6 nitrogen and oxygen atoms in total. The molecule has 1 aliphatic rings. The van der Waals surface area contributed by atoms with Crippen molar-refractivity contribution in [3.05, 3.63) is 18.2 Å². The monoisotopic (exact) mass is 259 g/mol. The number of nitrogens with two attached hydrogens (primary N) is 1. The molecule has 1 aromatic heterocycles. The zero-order chi connectivity index (χ0) is 13.2. The lowest BCUT2D eigenvalue weighted by molar-refractivity contribution is 0.265. The molecule has 2 aromatic rings. The van der Waals surface area contributed by atoms with Gasteiger partial charge < -0.3 is 10.5 Å². The Balaban J connectivity index is 1.99. The van der Waals surface area contributed by atoms with Crippen LogP contribution in [0, 0.1) is 5.92 Å². The van der Waals surface area contributed by atoms with Crippen LogP contribution in [0.3, 0.4) is 0 Å². The van der Waals surface area contributed by atoms with Gasteiger partial charge in [-0.1, -0.05) is 12.5 Å². The molecule has 1 fully saturated rings. The van der Waals surface area contributed by atoms with Crippen molar-refractivity contribution in [1.82, 2.24) is 20.2 Å². The first-order valence-corrected chi connectivity index (χ1v) is 6.48. The van der Waals surface area contributed by atoms with Gasteiger partial charge in [0.2, 0.25) is 0 Å². The molecule has 1 aromatic carbocycles. The maximum Gasteiger partial charge on any atom is 0.187 e. The summed E-state index contributed by atoms with van der Waals surface area (Å²) >= 11 is 0. The fourth-order valence-electron chi connectivity index (χ4n) is 2.38. The molecule has 0 unspecified atom stereocenters. The molecule has 19 heavy (non-hydrogen) atoms.